The van der Waals surface area contributed by atoms with Crippen LogP contribution in [0.25, 0.3) is 0 Å². The van der Waals surface area contributed by atoms with Crippen LogP contribution in [0.1, 0.15) is 18.9 Å². The number of halogens is 2. The molecule has 0 saturated carbocycles. The average Bonchev–Trinajstić information content (AvgIpc) is 2.80. The van der Waals surface area contributed by atoms with Gasteiger partial charge in [-0.2, -0.15) is 0 Å². The number of ether oxygens (including phenoxy) is 1. The molecule has 1 unspecified atom stereocenters. The van der Waals surface area contributed by atoms with Crippen molar-refractivity contribution in [1.82, 2.24) is 5.32 Å². The zero-order valence-electron chi connectivity index (χ0n) is 10.6. The van der Waals surface area contributed by atoms with Gasteiger partial charge in [-0.1, -0.05) is 18.5 Å². The summed E-state index contributed by atoms with van der Waals surface area (Å²) in [6.45, 7) is 5.29. The molecule has 0 aliphatic carbocycles. The summed E-state index contributed by atoms with van der Waals surface area (Å²) < 4.78 is 19.3. The van der Waals surface area contributed by atoms with E-state index in [1.807, 2.05) is 0 Å². The molecule has 0 bridgehead atoms. The molecular weight excluding hydrogens is 253 g/mol. The molecule has 1 aromatic rings. The van der Waals surface area contributed by atoms with Gasteiger partial charge in [0.05, 0.1) is 6.61 Å². The summed E-state index contributed by atoms with van der Waals surface area (Å²) in [5, 5.41) is 3.94. The first-order chi connectivity index (χ1) is 8.65. The summed E-state index contributed by atoms with van der Waals surface area (Å²) in [7, 11) is 0. The average molecular weight is 272 g/mol. The van der Waals surface area contributed by atoms with E-state index in [0.717, 1.165) is 26.1 Å². The lowest BCUT2D eigenvalue weighted by Gasteiger charge is -2.28. The van der Waals surface area contributed by atoms with Gasteiger partial charge in [-0.3, -0.25) is 0 Å². The zero-order chi connectivity index (χ0) is 13.0. The summed E-state index contributed by atoms with van der Waals surface area (Å²) in [4.78, 5) is 0. The van der Waals surface area contributed by atoms with E-state index in [2.05, 4.69) is 12.2 Å². The Morgan fingerprint density at radius 1 is 1.50 bits per heavy atom. The number of nitrogens with one attached hydrogen (secondary N) is 1. The fourth-order valence-electron chi connectivity index (χ4n) is 2.46. The van der Waals surface area contributed by atoms with E-state index in [0.29, 0.717) is 23.6 Å². The molecule has 0 amide bonds. The van der Waals surface area contributed by atoms with Gasteiger partial charge in [0.25, 0.3) is 0 Å². The normalized spacial score (nSPS) is 23.5. The van der Waals surface area contributed by atoms with Crippen molar-refractivity contribution >= 4 is 11.6 Å². The molecule has 1 aliphatic heterocycles. The van der Waals surface area contributed by atoms with Gasteiger partial charge >= 0.3 is 0 Å². The number of rotatable bonds is 5. The van der Waals surface area contributed by atoms with Crippen LogP contribution in [0.4, 0.5) is 4.39 Å². The van der Waals surface area contributed by atoms with E-state index >= 15 is 0 Å². The van der Waals surface area contributed by atoms with Gasteiger partial charge in [0.1, 0.15) is 5.82 Å². The maximum atomic E-state index is 13.8. The van der Waals surface area contributed by atoms with Gasteiger partial charge in [-0.15, -0.1) is 0 Å². The van der Waals surface area contributed by atoms with E-state index in [9.17, 15) is 4.39 Å². The van der Waals surface area contributed by atoms with Gasteiger partial charge in [0, 0.05) is 23.6 Å². The third-order valence-electron chi connectivity index (χ3n) is 3.51. The maximum absolute atomic E-state index is 13.8. The lowest BCUT2D eigenvalue weighted by Crippen LogP contribution is -2.37. The Bertz CT molecular complexity index is 405. The van der Waals surface area contributed by atoms with Crippen LogP contribution in [-0.2, 0) is 11.2 Å². The molecule has 0 aromatic heterocycles. The SMILES string of the molecule is CCNCC1(Cc2cc(Cl)ccc2F)CCOC1. The molecule has 0 radical (unpaired) electrons. The Kier molecular flexibility index (Phi) is 4.60. The highest BCUT2D eigenvalue weighted by Gasteiger charge is 2.35. The van der Waals surface area contributed by atoms with Gasteiger partial charge in [0.2, 0.25) is 0 Å². The molecule has 1 atom stereocenters. The minimum atomic E-state index is -0.179. The molecule has 1 saturated heterocycles. The number of benzene rings is 1. The first-order valence-corrected chi connectivity index (χ1v) is 6.75. The molecule has 1 N–H and O–H groups in total. The molecule has 1 heterocycles. The molecule has 1 aromatic carbocycles. The first-order valence-electron chi connectivity index (χ1n) is 6.38. The van der Waals surface area contributed by atoms with Crippen LogP contribution >= 0.6 is 11.6 Å². The van der Waals surface area contributed by atoms with Crippen LogP contribution in [0.2, 0.25) is 5.02 Å². The van der Waals surface area contributed by atoms with Crippen molar-refractivity contribution in [1.29, 1.82) is 0 Å². The van der Waals surface area contributed by atoms with Crippen LogP contribution in [0.15, 0.2) is 18.2 Å². The van der Waals surface area contributed by atoms with E-state index in [4.69, 9.17) is 16.3 Å². The molecular formula is C14H19ClFNO. The first kappa shape index (κ1) is 13.8. The largest absolute Gasteiger partial charge is 0.381 e. The van der Waals surface area contributed by atoms with E-state index in [1.54, 1.807) is 12.1 Å². The van der Waals surface area contributed by atoms with Crippen molar-refractivity contribution in [2.75, 3.05) is 26.3 Å². The third kappa shape index (κ3) is 3.22. The summed E-state index contributed by atoms with van der Waals surface area (Å²) in [6.07, 6.45) is 1.64. The zero-order valence-corrected chi connectivity index (χ0v) is 11.4. The second-order valence-corrected chi connectivity index (χ2v) is 5.43. The maximum Gasteiger partial charge on any atom is 0.126 e. The van der Waals surface area contributed by atoms with E-state index in [1.165, 1.54) is 6.07 Å². The van der Waals surface area contributed by atoms with Crippen molar-refractivity contribution < 1.29 is 9.13 Å². The molecule has 2 nitrogen and oxygen atoms in total. The summed E-state index contributed by atoms with van der Waals surface area (Å²) in [5.41, 5.74) is 0.688. The van der Waals surface area contributed by atoms with Crippen molar-refractivity contribution in [3.63, 3.8) is 0 Å². The summed E-state index contributed by atoms with van der Waals surface area (Å²) >= 11 is 5.94. The monoisotopic (exact) mass is 271 g/mol. The Morgan fingerprint density at radius 2 is 2.33 bits per heavy atom. The minimum absolute atomic E-state index is 0.00152. The highest BCUT2D eigenvalue weighted by molar-refractivity contribution is 6.30. The highest BCUT2D eigenvalue weighted by Crippen LogP contribution is 2.33. The number of hydrogen-bond donors (Lipinski definition) is 1. The summed E-state index contributed by atoms with van der Waals surface area (Å²) in [6, 6.07) is 4.75. The predicted molar refractivity (Wildman–Crippen MR) is 71.5 cm³/mol. The Morgan fingerprint density at radius 3 is 3.00 bits per heavy atom. The molecule has 2 rings (SSSR count). The fraction of sp³-hybridized carbons (Fsp3) is 0.571. The standard InChI is InChI=1S/C14H19ClFNO/c1-2-17-9-14(5-6-18-10-14)8-11-7-12(15)3-4-13(11)16/h3-4,7,17H,2,5-6,8-10H2,1H3. The minimum Gasteiger partial charge on any atom is -0.381 e. The Hall–Kier alpha value is -0.640. The Balaban J connectivity index is 2.15. The van der Waals surface area contributed by atoms with Crippen LogP contribution < -0.4 is 5.32 Å². The highest BCUT2D eigenvalue weighted by atomic mass is 35.5. The second-order valence-electron chi connectivity index (χ2n) is 5.00. The van der Waals surface area contributed by atoms with Crippen LogP contribution in [0.3, 0.4) is 0 Å². The third-order valence-corrected chi connectivity index (χ3v) is 3.74. The van der Waals surface area contributed by atoms with Gasteiger partial charge in [-0.05, 0) is 43.1 Å². The van der Waals surface area contributed by atoms with E-state index < -0.39 is 0 Å². The summed E-state index contributed by atoms with van der Waals surface area (Å²) in [5.74, 6) is -0.179. The lowest BCUT2D eigenvalue weighted by atomic mass is 9.80. The van der Waals surface area contributed by atoms with Crippen molar-refractivity contribution in [2.24, 2.45) is 5.41 Å². The molecule has 18 heavy (non-hydrogen) atoms. The quantitative estimate of drug-likeness (QED) is 0.889. The van der Waals surface area contributed by atoms with E-state index in [-0.39, 0.29) is 11.2 Å². The fourth-order valence-corrected chi connectivity index (χ4v) is 2.66. The van der Waals surface area contributed by atoms with Crippen molar-refractivity contribution in [3.8, 4) is 0 Å². The molecule has 1 fully saturated rings. The molecule has 4 heteroatoms. The van der Waals surface area contributed by atoms with Gasteiger partial charge in [-0.25, -0.2) is 4.39 Å². The number of hydrogen-bond acceptors (Lipinski definition) is 2. The molecule has 100 valence electrons. The lowest BCUT2D eigenvalue weighted by molar-refractivity contribution is 0.149. The molecule has 0 spiro atoms. The van der Waals surface area contributed by atoms with Crippen LogP contribution in [0.5, 0.6) is 0 Å². The predicted octanol–water partition coefficient (Wildman–Crippen LogP) is 3.04. The van der Waals surface area contributed by atoms with Crippen LogP contribution in [-0.4, -0.2) is 26.3 Å². The Labute approximate surface area is 112 Å². The smallest absolute Gasteiger partial charge is 0.126 e. The van der Waals surface area contributed by atoms with Gasteiger partial charge < -0.3 is 10.1 Å². The van der Waals surface area contributed by atoms with Crippen molar-refractivity contribution in [2.45, 2.75) is 19.8 Å². The van der Waals surface area contributed by atoms with Crippen molar-refractivity contribution in [3.05, 3.63) is 34.6 Å². The molecule has 1 aliphatic rings. The topological polar surface area (TPSA) is 21.3 Å². The van der Waals surface area contributed by atoms with Gasteiger partial charge in [0.15, 0.2) is 0 Å². The second kappa shape index (κ2) is 6.00. The van der Waals surface area contributed by atoms with Crippen LogP contribution in [0, 0.1) is 11.2 Å².